The zero-order valence-corrected chi connectivity index (χ0v) is 12.0. The topological polar surface area (TPSA) is 29.3 Å². The average Bonchev–Trinajstić information content (AvgIpc) is 2.40. The molecule has 1 aromatic carbocycles. The Bertz CT molecular complexity index is 415. The second-order valence-electron chi connectivity index (χ2n) is 5.62. The van der Waals surface area contributed by atoms with Crippen LogP contribution < -0.4 is 10.6 Å². The van der Waals surface area contributed by atoms with Crippen LogP contribution >= 0.6 is 0 Å². The van der Waals surface area contributed by atoms with Gasteiger partial charge in [0.1, 0.15) is 5.82 Å². The van der Waals surface area contributed by atoms with Gasteiger partial charge in [-0.05, 0) is 56.4 Å². The minimum absolute atomic E-state index is 0.130. The van der Waals surface area contributed by atoms with Crippen molar-refractivity contribution in [1.29, 1.82) is 0 Å². The van der Waals surface area contributed by atoms with Gasteiger partial charge in [0.2, 0.25) is 0 Å². The van der Waals surface area contributed by atoms with E-state index in [2.05, 4.69) is 11.8 Å². The zero-order valence-electron chi connectivity index (χ0n) is 12.0. The average molecular weight is 264 g/mol. The highest BCUT2D eigenvalue weighted by Crippen LogP contribution is 2.32. The van der Waals surface area contributed by atoms with Gasteiger partial charge in [0.05, 0.1) is 0 Å². The summed E-state index contributed by atoms with van der Waals surface area (Å²) in [6.07, 6.45) is 6.15. The number of anilines is 1. The summed E-state index contributed by atoms with van der Waals surface area (Å²) in [5, 5.41) is 0. The molecule has 2 rings (SSSR count). The summed E-state index contributed by atoms with van der Waals surface area (Å²) in [5.74, 6) is -0.194. The summed E-state index contributed by atoms with van der Waals surface area (Å²) in [7, 11) is 0. The highest BCUT2D eigenvalue weighted by atomic mass is 19.1. The number of piperidine rings is 1. The van der Waals surface area contributed by atoms with Crippen LogP contribution in [-0.2, 0) is 0 Å². The third kappa shape index (κ3) is 3.27. The number of benzene rings is 1. The van der Waals surface area contributed by atoms with Gasteiger partial charge in [-0.25, -0.2) is 4.39 Å². The molecule has 19 heavy (non-hydrogen) atoms. The van der Waals surface area contributed by atoms with Crippen LogP contribution in [0.5, 0.6) is 0 Å². The van der Waals surface area contributed by atoms with Crippen LogP contribution in [0.3, 0.4) is 0 Å². The summed E-state index contributed by atoms with van der Waals surface area (Å²) in [6, 6.07) is 5.51. The van der Waals surface area contributed by atoms with Crippen LogP contribution in [0.15, 0.2) is 18.2 Å². The Morgan fingerprint density at radius 2 is 2.21 bits per heavy atom. The molecular weight excluding hydrogens is 239 g/mol. The molecule has 3 heteroatoms. The van der Waals surface area contributed by atoms with E-state index in [9.17, 15) is 4.39 Å². The summed E-state index contributed by atoms with van der Waals surface area (Å²) >= 11 is 0. The molecule has 0 aliphatic carbocycles. The summed E-state index contributed by atoms with van der Waals surface area (Å²) in [4.78, 5) is 2.45. The van der Waals surface area contributed by atoms with Gasteiger partial charge in [0.25, 0.3) is 0 Å². The largest absolute Gasteiger partial charge is 0.368 e. The van der Waals surface area contributed by atoms with Crippen LogP contribution in [0, 0.1) is 5.82 Å². The van der Waals surface area contributed by atoms with Crippen molar-refractivity contribution in [2.24, 2.45) is 5.73 Å². The monoisotopic (exact) mass is 264 g/mol. The lowest BCUT2D eigenvalue weighted by Gasteiger charge is -2.39. The van der Waals surface area contributed by atoms with Crippen molar-refractivity contribution in [2.75, 3.05) is 11.4 Å². The number of rotatable bonds is 4. The first-order chi connectivity index (χ1) is 9.13. The van der Waals surface area contributed by atoms with Gasteiger partial charge >= 0.3 is 0 Å². The van der Waals surface area contributed by atoms with E-state index in [1.807, 2.05) is 13.0 Å². The molecule has 1 aliphatic heterocycles. The first-order valence-corrected chi connectivity index (χ1v) is 7.45. The molecule has 0 amide bonds. The molecule has 2 N–H and O–H groups in total. The third-order valence-electron chi connectivity index (χ3n) is 4.04. The molecule has 0 radical (unpaired) electrons. The molecule has 1 fully saturated rings. The van der Waals surface area contributed by atoms with Crippen molar-refractivity contribution in [3.05, 3.63) is 29.6 Å². The standard InChI is InChI=1S/C16H25FN2/c1-3-6-14-7-4-5-10-19(14)16-9-8-13(17)11-15(16)12(2)18/h8-9,11-12,14H,3-7,10,18H2,1-2H3/t12-,14?/m1/s1. The lowest BCUT2D eigenvalue weighted by Crippen LogP contribution is -2.40. The van der Waals surface area contributed by atoms with Crippen LogP contribution in [0.25, 0.3) is 0 Å². The number of hydrogen-bond acceptors (Lipinski definition) is 2. The molecule has 1 aliphatic rings. The SMILES string of the molecule is CCCC1CCCCN1c1ccc(F)cc1[C@@H](C)N. The van der Waals surface area contributed by atoms with Gasteiger partial charge in [-0.2, -0.15) is 0 Å². The van der Waals surface area contributed by atoms with Crippen LogP contribution in [0.2, 0.25) is 0 Å². The maximum Gasteiger partial charge on any atom is 0.123 e. The second-order valence-corrected chi connectivity index (χ2v) is 5.62. The highest BCUT2D eigenvalue weighted by Gasteiger charge is 2.24. The Kier molecular flexibility index (Phi) is 4.81. The lowest BCUT2D eigenvalue weighted by atomic mass is 9.95. The van der Waals surface area contributed by atoms with Crippen LogP contribution in [-0.4, -0.2) is 12.6 Å². The van der Waals surface area contributed by atoms with Gasteiger partial charge in [-0.1, -0.05) is 13.3 Å². The van der Waals surface area contributed by atoms with Gasteiger partial charge in [0, 0.05) is 24.3 Å². The van der Waals surface area contributed by atoms with Crippen molar-refractivity contribution in [3.63, 3.8) is 0 Å². The van der Waals surface area contributed by atoms with Gasteiger partial charge in [-0.3, -0.25) is 0 Å². The predicted octanol–water partition coefficient (Wildman–Crippen LogP) is 4.00. The first kappa shape index (κ1) is 14.3. The van der Waals surface area contributed by atoms with Crippen molar-refractivity contribution < 1.29 is 4.39 Å². The fourth-order valence-corrected chi connectivity index (χ4v) is 3.10. The Labute approximate surface area is 115 Å². The lowest BCUT2D eigenvalue weighted by molar-refractivity contribution is 0.433. The van der Waals surface area contributed by atoms with E-state index in [-0.39, 0.29) is 11.9 Å². The highest BCUT2D eigenvalue weighted by molar-refractivity contribution is 5.56. The smallest absolute Gasteiger partial charge is 0.123 e. The number of nitrogens with zero attached hydrogens (tertiary/aromatic N) is 1. The Balaban J connectivity index is 2.32. The van der Waals surface area contributed by atoms with Crippen LogP contribution in [0.1, 0.15) is 57.6 Å². The van der Waals surface area contributed by atoms with Crippen molar-refractivity contribution in [2.45, 2.75) is 58.0 Å². The molecule has 2 nitrogen and oxygen atoms in total. The van der Waals surface area contributed by atoms with Crippen molar-refractivity contribution in [3.8, 4) is 0 Å². The van der Waals surface area contributed by atoms with E-state index in [0.717, 1.165) is 17.8 Å². The van der Waals surface area contributed by atoms with E-state index >= 15 is 0 Å². The van der Waals surface area contributed by atoms with E-state index in [0.29, 0.717) is 6.04 Å². The van der Waals surface area contributed by atoms with E-state index in [1.54, 1.807) is 12.1 Å². The molecule has 1 unspecified atom stereocenters. The summed E-state index contributed by atoms with van der Waals surface area (Å²) in [5.41, 5.74) is 8.08. The fourth-order valence-electron chi connectivity index (χ4n) is 3.10. The van der Waals surface area contributed by atoms with E-state index < -0.39 is 0 Å². The first-order valence-electron chi connectivity index (χ1n) is 7.45. The van der Waals surface area contributed by atoms with Gasteiger partial charge in [0.15, 0.2) is 0 Å². The minimum atomic E-state index is -0.194. The van der Waals surface area contributed by atoms with Crippen molar-refractivity contribution >= 4 is 5.69 Å². The molecule has 1 aromatic rings. The fraction of sp³-hybridized carbons (Fsp3) is 0.625. The molecule has 0 spiro atoms. The summed E-state index contributed by atoms with van der Waals surface area (Å²) in [6.45, 7) is 5.22. The Hall–Kier alpha value is -1.09. The van der Waals surface area contributed by atoms with Gasteiger partial charge in [-0.15, -0.1) is 0 Å². The molecule has 0 aromatic heterocycles. The maximum absolute atomic E-state index is 13.4. The van der Waals surface area contributed by atoms with E-state index in [4.69, 9.17) is 5.73 Å². The third-order valence-corrected chi connectivity index (χ3v) is 4.04. The molecule has 0 bridgehead atoms. The number of hydrogen-bond donors (Lipinski definition) is 1. The van der Waals surface area contributed by atoms with Crippen LogP contribution in [0.4, 0.5) is 10.1 Å². The molecule has 2 atom stereocenters. The Morgan fingerprint density at radius 3 is 2.89 bits per heavy atom. The summed E-state index contributed by atoms with van der Waals surface area (Å²) < 4.78 is 13.4. The Morgan fingerprint density at radius 1 is 1.42 bits per heavy atom. The molecule has 1 heterocycles. The number of nitrogens with two attached hydrogens (primary N) is 1. The van der Waals surface area contributed by atoms with E-state index in [1.165, 1.54) is 32.1 Å². The van der Waals surface area contributed by atoms with Crippen molar-refractivity contribution in [1.82, 2.24) is 0 Å². The normalized spacial score (nSPS) is 21.5. The molecule has 106 valence electrons. The van der Waals surface area contributed by atoms with Gasteiger partial charge < -0.3 is 10.6 Å². The number of halogens is 1. The molecular formula is C16H25FN2. The molecule has 0 saturated carbocycles. The quantitative estimate of drug-likeness (QED) is 0.890. The predicted molar refractivity (Wildman–Crippen MR) is 78.9 cm³/mol. The maximum atomic E-state index is 13.4. The second kappa shape index (κ2) is 6.38. The minimum Gasteiger partial charge on any atom is -0.368 e. The molecule has 1 saturated heterocycles. The zero-order chi connectivity index (χ0) is 13.8.